The van der Waals surface area contributed by atoms with E-state index in [2.05, 4.69) is 30.9 Å². The molecule has 0 bridgehead atoms. The van der Waals surface area contributed by atoms with Gasteiger partial charge in [-0.25, -0.2) is 5.06 Å². The van der Waals surface area contributed by atoms with Gasteiger partial charge in [-0.1, -0.05) is 12.1 Å². The molecule has 1 aromatic carbocycles. The smallest absolute Gasteiger partial charge is 0.256 e. The van der Waals surface area contributed by atoms with Gasteiger partial charge in [-0.05, 0) is 50.8 Å². The molecule has 1 unspecified atom stereocenters. The van der Waals surface area contributed by atoms with Crippen molar-refractivity contribution < 1.29 is 14.7 Å². The normalized spacial score (nSPS) is 16.6. The molecule has 1 aliphatic rings. The molecular weight excluding hydrogens is 386 g/mol. The average Bonchev–Trinajstić information content (AvgIpc) is 2.95. The van der Waals surface area contributed by atoms with Crippen molar-refractivity contribution in [1.29, 1.82) is 0 Å². The minimum atomic E-state index is -0.430. The summed E-state index contributed by atoms with van der Waals surface area (Å²) in [4.78, 5) is 25.3. The first-order chi connectivity index (χ1) is 14.5. The number of rotatable bonds is 8. The van der Waals surface area contributed by atoms with Gasteiger partial charge in [-0.15, -0.1) is 0 Å². The Labute approximate surface area is 176 Å². The number of benzene rings is 1. The van der Waals surface area contributed by atoms with E-state index in [1.165, 1.54) is 0 Å². The number of methoxy groups -OCH3 is 1. The molecule has 1 fully saturated rings. The van der Waals surface area contributed by atoms with Crippen molar-refractivity contribution in [3.8, 4) is 5.75 Å². The standard InChI is InChI=1S/C20H29N7O3/c1-13(2)27(29)20-25-18(22-12-14-7-6-8-15(11-14)30-3)24-19(26-20)23-16-9-4-5-10-21-17(16)28/h6-8,11,13,16,29H,4-5,9-10,12H2,1-3H3,(H,21,28)(H2,22,23,24,25,26). The Balaban J connectivity index is 1.81. The number of nitrogens with zero attached hydrogens (tertiary/aromatic N) is 4. The molecule has 4 N–H and O–H groups in total. The van der Waals surface area contributed by atoms with E-state index in [1.807, 2.05) is 38.1 Å². The Morgan fingerprint density at radius 2 is 2.07 bits per heavy atom. The molecule has 10 nitrogen and oxygen atoms in total. The number of ether oxygens (including phenoxy) is 1. The fraction of sp³-hybridized carbons (Fsp3) is 0.500. The van der Waals surface area contributed by atoms with Gasteiger partial charge >= 0.3 is 0 Å². The molecule has 30 heavy (non-hydrogen) atoms. The summed E-state index contributed by atoms with van der Waals surface area (Å²) in [5.41, 5.74) is 0.985. The van der Waals surface area contributed by atoms with Gasteiger partial charge < -0.3 is 20.7 Å². The van der Waals surface area contributed by atoms with Gasteiger partial charge in [0.2, 0.25) is 17.8 Å². The Morgan fingerprint density at radius 3 is 2.83 bits per heavy atom. The molecule has 1 aromatic heterocycles. The lowest BCUT2D eigenvalue weighted by molar-refractivity contribution is -0.121. The van der Waals surface area contributed by atoms with Crippen LogP contribution in [0.25, 0.3) is 0 Å². The molecule has 2 aromatic rings. The zero-order chi connectivity index (χ0) is 21.5. The van der Waals surface area contributed by atoms with Crippen LogP contribution in [0.15, 0.2) is 24.3 Å². The van der Waals surface area contributed by atoms with Crippen LogP contribution in [0.5, 0.6) is 5.75 Å². The van der Waals surface area contributed by atoms with Crippen LogP contribution in [0, 0.1) is 0 Å². The van der Waals surface area contributed by atoms with E-state index < -0.39 is 6.04 Å². The predicted molar refractivity (Wildman–Crippen MR) is 114 cm³/mol. The van der Waals surface area contributed by atoms with Gasteiger partial charge in [0, 0.05) is 13.1 Å². The third-order valence-electron chi connectivity index (χ3n) is 4.74. The molecule has 10 heteroatoms. The highest BCUT2D eigenvalue weighted by Gasteiger charge is 2.23. The summed E-state index contributed by atoms with van der Waals surface area (Å²) in [7, 11) is 1.62. The number of hydrogen-bond acceptors (Lipinski definition) is 9. The lowest BCUT2D eigenvalue weighted by Crippen LogP contribution is -2.38. The molecule has 0 radical (unpaired) electrons. The number of carbonyl (C=O) groups is 1. The molecule has 1 aliphatic heterocycles. The predicted octanol–water partition coefficient (Wildman–Crippen LogP) is 2.18. The van der Waals surface area contributed by atoms with Crippen LogP contribution < -0.4 is 25.8 Å². The second-order valence-electron chi connectivity index (χ2n) is 7.41. The molecule has 0 saturated carbocycles. The van der Waals surface area contributed by atoms with E-state index in [0.29, 0.717) is 25.5 Å². The number of carbonyl (C=O) groups excluding carboxylic acids is 1. The Hall–Kier alpha value is -3.14. The maximum Gasteiger partial charge on any atom is 0.256 e. The van der Waals surface area contributed by atoms with Crippen molar-refractivity contribution in [2.24, 2.45) is 0 Å². The number of hydroxylamine groups is 1. The number of anilines is 3. The third-order valence-corrected chi connectivity index (χ3v) is 4.74. The summed E-state index contributed by atoms with van der Waals surface area (Å²) in [5, 5.41) is 20.4. The highest BCUT2D eigenvalue weighted by molar-refractivity contribution is 5.84. The van der Waals surface area contributed by atoms with Gasteiger partial charge in [-0.3, -0.25) is 10.0 Å². The molecule has 0 aliphatic carbocycles. The summed E-state index contributed by atoms with van der Waals surface area (Å²) >= 11 is 0. The summed E-state index contributed by atoms with van der Waals surface area (Å²) in [6.45, 7) is 4.76. The van der Waals surface area contributed by atoms with Crippen LogP contribution in [0.2, 0.25) is 0 Å². The highest BCUT2D eigenvalue weighted by atomic mass is 16.5. The number of aromatic nitrogens is 3. The summed E-state index contributed by atoms with van der Waals surface area (Å²) in [5.74, 6) is 1.30. The lowest BCUT2D eigenvalue weighted by atomic mass is 10.1. The van der Waals surface area contributed by atoms with Crippen molar-refractivity contribution in [2.75, 3.05) is 29.4 Å². The summed E-state index contributed by atoms with van der Waals surface area (Å²) < 4.78 is 5.25. The molecule has 1 atom stereocenters. The SMILES string of the molecule is COc1cccc(CNc2nc(NC3CCCCNC3=O)nc(N(O)C(C)C)n2)c1. The topological polar surface area (TPSA) is 125 Å². The Bertz CT molecular complexity index is 862. The van der Waals surface area contributed by atoms with Crippen LogP contribution in [0.4, 0.5) is 17.8 Å². The van der Waals surface area contributed by atoms with E-state index in [4.69, 9.17) is 4.74 Å². The second kappa shape index (κ2) is 10.1. The lowest BCUT2D eigenvalue weighted by Gasteiger charge is -2.21. The van der Waals surface area contributed by atoms with E-state index in [9.17, 15) is 10.0 Å². The largest absolute Gasteiger partial charge is 0.497 e. The number of hydrogen-bond donors (Lipinski definition) is 4. The van der Waals surface area contributed by atoms with Gasteiger partial charge in [0.1, 0.15) is 11.8 Å². The van der Waals surface area contributed by atoms with Crippen LogP contribution in [0.3, 0.4) is 0 Å². The van der Waals surface area contributed by atoms with Crippen LogP contribution in [-0.2, 0) is 11.3 Å². The molecule has 1 amide bonds. The minimum Gasteiger partial charge on any atom is -0.497 e. The van der Waals surface area contributed by atoms with Gasteiger partial charge in [-0.2, -0.15) is 15.0 Å². The average molecular weight is 415 g/mol. The first-order valence-corrected chi connectivity index (χ1v) is 10.1. The maximum absolute atomic E-state index is 12.3. The first-order valence-electron chi connectivity index (χ1n) is 10.1. The van der Waals surface area contributed by atoms with E-state index in [-0.39, 0.29) is 23.8 Å². The van der Waals surface area contributed by atoms with E-state index in [0.717, 1.165) is 29.2 Å². The maximum atomic E-state index is 12.3. The molecule has 1 saturated heterocycles. The fourth-order valence-electron chi connectivity index (χ4n) is 3.04. The van der Waals surface area contributed by atoms with Crippen molar-refractivity contribution in [2.45, 2.75) is 51.7 Å². The summed E-state index contributed by atoms with van der Waals surface area (Å²) in [6.07, 6.45) is 2.55. The zero-order valence-corrected chi connectivity index (χ0v) is 17.6. The van der Waals surface area contributed by atoms with E-state index >= 15 is 0 Å². The van der Waals surface area contributed by atoms with Crippen LogP contribution in [0.1, 0.15) is 38.7 Å². The Kier molecular flexibility index (Phi) is 7.23. The van der Waals surface area contributed by atoms with Gasteiger partial charge in [0.25, 0.3) is 5.95 Å². The minimum absolute atomic E-state index is 0.0786. The van der Waals surface area contributed by atoms with Crippen molar-refractivity contribution in [3.05, 3.63) is 29.8 Å². The number of nitrogens with one attached hydrogen (secondary N) is 3. The van der Waals surface area contributed by atoms with Gasteiger partial charge in [0.15, 0.2) is 0 Å². The highest BCUT2D eigenvalue weighted by Crippen LogP contribution is 2.18. The monoisotopic (exact) mass is 415 g/mol. The molecule has 0 spiro atoms. The summed E-state index contributed by atoms with van der Waals surface area (Å²) in [6, 6.07) is 6.99. The fourth-order valence-corrected chi connectivity index (χ4v) is 3.04. The van der Waals surface area contributed by atoms with Crippen molar-refractivity contribution in [3.63, 3.8) is 0 Å². The Morgan fingerprint density at radius 1 is 1.27 bits per heavy atom. The third kappa shape index (κ3) is 5.69. The van der Waals surface area contributed by atoms with Crippen molar-refractivity contribution >= 4 is 23.8 Å². The first kappa shape index (κ1) is 21.6. The molecular formula is C20H29N7O3. The molecule has 162 valence electrons. The molecule has 2 heterocycles. The number of amides is 1. The van der Waals surface area contributed by atoms with Crippen LogP contribution in [-0.4, -0.2) is 51.8 Å². The quantitative estimate of drug-likeness (QED) is 0.480. The zero-order valence-electron chi connectivity index (χ0n) is 17.6. The molecule has 3 rings (SSSR count). The second-order valence-corrected chi connectivity index (χ2v) is 7.41. The van der Waals surface area contributed by atoms with Crippen molar-refractivity contribution in [1.82, 2.24) is 20.3 Å². The van der Waals surface area contributed by atoms with Gasteiger partial charge in [0.05, 0.1) is 13.2 Å². The van der Waals surface area contributed by atoms with E-state index in [1.54, 1.807) is 7.11 Å². The van der Waals surface area contributed by atoms with Crippen LogP contribution >= 0.6 is 0 Å².